The molecule has 1 N–H and O–H groups in total. The Morgan fingerprint density at radius 2 is 2.15 bits per heavy atom. The largest absolute Gasteiger partial charge is 0.353 e. The molecule has 20 heavy (non-hydrogen) atoms. The van der Waals surface area contributed by atoms with Crippen molar-refractivity contribution < 1.29 is 0 Å². The van der Waals surface area contributed by atoms with E-state index in [9.17, 15) is 0 Å². The van der Waals surface area contributed by atoms with Gasteiger partial charge >= 0.3 is 0 Å². The fourth-order valence-electron chi connectivity index (χ4n) is 2.52. The van der Waals surface area contributed by atoms with Crippen LogP contribution in [0.3, 0.4) is 0 Å². The molecule has 3 heterocycles. The van der Waals surface area contributed by atoms with Crippen molar-refractivity contribution in [3.63, 3.8) is 0 Å². The molecule has 1 fully saturated rings. The molecule has 108 valence electrons. The molecule has 1 aliphatic heterocycles. The lowest BCUT2D eigenvalue weighted by Crippen LogP contribution is -2.44. The normalized spacial score (nSPS) is 16.0. The van der Waals surface area contributed by atoms with Crippen LogP contribution in [0.25, 0.3) is 10.2 Å². The highest BCUT2D eigenvalue weighted by Gasteiger charge is 2.18. The van der Waals surface area contributed by atoms with E-state index in [0.29, 0.717) is 0 Å². The number of nitrogens with zero attached hydrogens (tertiary/aromatic N) is 3. The monoisotopic (exact) mass is 308 g/mol. The lowest BCUT2D eigenvalue weighted by Gasteiger charge is -2.29. The molecule has 3 rings (SSSR count). The van der Waals surface area contributed by atoms with Crippen LogP contribution in [0.2, 0.25) is 0 Å². The minimum Gasteiger partial charge on any atom is -0.353 e. The smallest absolute Gasteiger partial charge is 0.190 e. The second kappa shape index (κ2) is 6.28. The molecule has 0 saturated carbocycles. The molecule has 0 unspecified atom stereocenters. The Hall–Kier alpha value is -0.850. The van der Waals surface area contributed by atoms with E-state index >= 15 is 0 Å². The third-order valence-electron chi connectivity index (χ3n) is 3.50. The van der Waals surface area contributed by atoms with Crippen molar-refractivity contribution in [3.05, 3.63) is 10.9 Å². The number of nitrogens with one attached hydrogen (secondary N) is 1. The number of thioether (sulfide) groups is 1. The summed E-state index contributed by atoms with van der Waals surface area (Å²) in [5.41, 5.74) is 0. The first-order valence-electron chi connectivity index (χ1n) is 7.12. The Balaban J connectivity index is 2.06. The summed E-state index contributed by atoms with van der Waals surface area (Å²) >= 11 is 3.45. The minimum atomic E-state index is 0.885. The molecule has 1 saturated heterocycles. The number of thiophene rings is 1. The van der Waals surface area contributed by atoms with E-state index in [1.54, 1.807) is 11.8 Å². The standard InChI is InChI=1S/C14H20N4S2/c1-3-4-10-9-11-12(18-7-5-15-6-8-18)16-14(19-2)17-13(11)20-10/h9,15H,3-8H2,1-2H3. The van der Waals surface area contributed by atoms with Crippen molar-refractivity contribution in [2.45, 2.75) is 24.9 Å². The first-order chi connectivity index (χ1) is 9.81. The van der Waals surface area contributed by atoms with Crippen LogP contribution in [0.15, 0.2) is 11.2 Å². The summed E-state index contributed by atoms with van der Waals surface area (Å²) < 4.78 is 0. The van der Waals surface area contributed by atoms with Gasteiger partial charge in [-0.25, -0.2) is 9.97 Å². The first-order valence-corrected chi connectivity index (χ1v) is 9.16. The van der Waals surface area contributed by atoms with E-state index in [2.05, 4.69) is 28.2 Å². The molecule has 0 spiro atoms. The summed E-state index contributed by atoms with van der Waals surface area (Å²) in [4.78, 5) is 14.4. The van der Waals surface area contributed by atoms with Crippen LogP contribution in [-0.4, -0.2) is 42.4 Å². The number of piperazine rings is 1. The zero-order chi connectivity index (χ0) is 13.9. The van der Waals surface area contributed by atoms with Crippen LogP contribution in [-0.2, 0) is 6.42 Å². The summed E-state index contributed by atoms with van der Waals surface area (Å²) in [5, 5.41) is 5.52. The van der Waals surface area contributed by atoms with Crippen molar-refractivity contribution in [1.29, 1.82) is 0 Å². The van der Waals surface area contributed by atoms with Crippen LogP contribution in [0, 0.1) is 0 Å². The van der Waals surface area contributed by atoms with E-state index in [-0.39, 0.29) is 0 Å². The maximum absolute atomic E-state index is 4.77. The van der Waals surface area contributed by atoms with E-state index in [4.69, 9.17) is 4.98 Å². The van der Waals surface area contributed by atoms with Gasteiger partial charge in [0.15, 0.2) is 5.16 Å². The van der Waals surface area contributed by atoms with E-state index < -0.39 is 0 Å². The average Bonchev–Trinajstić information content (AvgIpc) is 2.89. The van der Waals surface area contributed by atoms with Crippen LogP contribution in [0.1, 0.15) is 18.2 Å². The van der Waals surface area contributed by atoms with Crippen molar-refractivity contribution in [2.75, 3.05) is 37.3 Å². The number of aromatic nitrogens is 2. The Kier molecular flexibility index (Phi) is 4.43. The average molecular weight is 308 g/mol. The highest BCUT2D eigenvalue weighted by Crippen LogP contribution is 2.33. The number of rotatable bonds is 4. The third kappa shape index (κ3) is 2.77. The highest BCUT2D eigenvalue weighted by atomic mass is 32.2. The second-order valence-electron chi connectivity index (χ2n) is 4.95. The molecule has 6 heteroatoms. The summed E-state index contributed by atoms with van der Waals surface area (Å²) in [6.45, 7) is 6.34. The molecule has 1 aliphatic rings. The van der Waals surface area contributed by atoms with Gasteiger partial charge in [-0.1, -0.05) is 25.1 Å². The molecule has 0 radical (unpaired) electrons. The van der Waals surface area contributed by atoms with Gasteiger partial charge in [-0.15, -0.1) is 11.3 Å². The Bertz CT molecular complexity index is 590. The highest BCUT2D eigenvalue weighted by molar-refractivity contribution is 7.98. The predicted octanol–water partition coefficient (Wildman–Crippen LogP) is 2.78. The molecule has 0 amide bonds. The fourth-order valence-corrected chi connectivity index (χ4v) is 4.06. The minimum absolute atomic E-state index is 0.885. The van der Waals surface area contributed by atoms with E-state index in [1.807, 2.05) is 17.6 Å². The van der Waals surface area contributed by atoms with Gasteiger partial charge in [-0.3, -0.25) is 0 Å². The summed E-state index contributed by atoms with van der Waals surface area (Å²) in [6, 6.07) is 2.30. The van der Waals surface area contributed by atoms with Gasteiger partial charge in [0.1, 0.15) is 10.6 Å². The molecular weight excluding hydrogens is 288 g/mol. The van der Waals surface area contributed by atoms with Gasteiger partial charge in [-0.05, 0) is 18.7 Å². The van der Waals surface area contributed by atoms with Crippen molar-refractivity contribution in [1.82, 2.24) is 15.3 Å². The topological polar surface area (TPSA) is 41.0 Å². The summed E-state index contributed by atoms with van der Waals surface area (Å²) in [6.07, 6.45) is 4.36. The zero-order valence-electron chi connectivity index (χ0n) is 12.0. The number of aryl methyl sites for hydroxylation is 1. The van der Waals surface area contributed by atoms with Gasteiger partial charge in [0, 0.05) is 31.1 Å². The SMILES string of the molecule is CCCc1cc2c(N3CCNCC3)nc(SC)nc2s1. The molecular formula is C14H20N4S2. The molecule has 2 aromatic heterocycles. The van der Waals surface area contributed by atoms with Gasteiger partial charge < -0.3 is 10.2 Å². The number of anilines is 1. The molecule has 4 nitrogen and oxygen atoms in total. The predicted molar refractivity (Wildman–Crippen MR) is 88.3 cm³/mol. The lowest BCUT2D eigenvalue weighted by molar-refractivity contribution is 0.584. The fraction of sp³-hybridized carbons (Fsp3) is 0.571. The number of fused-ring (bicyclic) bond motifs is 1. The van der Waals surface area contributed by atoms with Crippen LogP contribution in [0.5, 0.6) is 0 Å². The molecule has 0 bridgehead atoms. The third-order valence-corrected chi connectivity index (χ3v) is 5.14. The number of hydrogen-bond acceptors (Lipinski definition) is 6. The zero-order valence-corrected chi connectivity index (χ0v) is 13.6. The maximum Gasteiger partial charge on any atom is 0.190 e. The molecule has 0 atom stereocenters. The molecule has 2 aromatic rings. The summed E-state index contributed by atoms with van der Waals surface area (Å²) in [7, 11) is 0. The van der Waals surface area contributed by atoms with Gasteiger partial charge in [0.2, 0.25) is 0 Å². The lowest BCUT2D eigenvalue weighted by atomic mass is 10.2. The van der Waals surface area contributed by atoms with Gasteiger partial charge in [-0.2, -0.15) is 0 Å². The van der Waals surface area contributed by atoms with Crippen LogP contribution < -0.4 is 10.2 Å². The van der Waals surface area contributed by atoms with Crippen molar-refractivity contribution in [3.8, 4) is 0 Å². The maximum atomic E-state index is 4.77. The van der Waals surface area contributed by atoms with E-state index in [1.165, 1.54) is 16.7 Å². The second-order valence-corrected chi connectivity index (χ2v) is 6.84. The quantitative estimate of drug-likeness (QED) is 0.695. The van der Waals surface area contributed by atoms with Crippen LogP contribution >= 0.6 is 23.1 Å². The first kappa shape index (κ1) is 14.1. The summed E-state index contributed by atoms with van der Waals surface area (Å²) in [5.74, 6) is 1.12. The Morgan fingerprint density at radius 1 is 1.35 bits per heavy atom. The van der Waals surface area contributed by atoms with Gasteiger partial charge in [0.25, 0.3) is 0 Å². The molecule has 0 aliphatic carbocycles. The van der Waals surface area contributed by atoms with Crippen molar-refractivity contribution in [2.24, 2.45) is 0 Å². The Morgan fingerprint density at radius 3 is 2.85 bits per heavy atom. The molecule has 0 aromatic carbocycles. The number of hydrogen-bond donors (Lipinski definition) is 1. The Labute approximate surface area is 128 Å². The van der Waals surface area contributed by atoms with Crippen LogP contribution in [0.4, 0.5) is 5.82 Å². The van der Waals surface area contributed by atoms with Gasteiger partial charge in [0.05, 0.1) is 5.39 Å². The van der Waals surface area contributed by atoms with E-state index in [0.717, 1.165) is 48.4 Å². The van der Waals surface area contributed by atoms with Crippen molar-refractivity contribution >= 4 is 39.1 Å².